The zero-order chi connectivity index (χ0) is 47.2. The number of nitrogens with one attached hydrogen (secondary N) is 4. The molecule has 1 spiro atoms. The van der Waals surface area contributed by atoms with Gasteiger partial charge in [0.2, 0.25) is 11.8 Å². The Hall–Kier alpha value is -5.74. The van der Waals surface area contributed by atoms with E-state index in [2.05, 4.69) is 44.9 Å². The molecule has 4 N–H and O–H groups in total. The first-order chi connectivity index (χ1) is 32.9. The van der Waals surface area contributed by atoms with Crippen LogP contribution in [0.3, 0.4) is 0 Å². The van der Waals surface area contributed by atoms with Crippen LogP contribution in [0.4, 0.5) is 9.59 Å². The molecule has 3 saturated heterocycles. The van der Waals surface area contributed by atoms with Crippen LogP contribution in [-0.2, 0) is 28.5 Å². The SMILES string of the molecule is COC(=O)NC(C(=O)N1CCCC1c1ncc(-c2ccc(-c3ccc(-c4cnc(C5CC6(CN5C(=O)C(NC(=O)OC)C(C)C)OCCO6)[nH]4)c4c3C3CCC4C3)c3c2C2CCC3C2)[nH]1)C(C)C. The van der Waals surface area contributed by atoms with Gasteiger partial charge >= 0.3 is 12.2 Å². The molecule has 360 valence electrons. The molecule has 11 rings (SSSR count). The van der Waals surface area contributed by atoms with E-state index in [9.17, 15) is 19.2 Å². The van der Waals surface area contributed by atoms with Gasteiger partial charge in [-0.25, -0.2) is 19.6 Å². The molecule has 2 saturated carbocycles. The van der Waals surface area contributed by atoms with Crippen LogP contribution >= 0.6 is 0 Å². The molecule has 8 atom stereocenters. The number of nitrogens with zero attached hydrogens (tertiary/aromatic N) is 4. The molecule has 5 heterocycles. The van der Waals surface area contributed by atoms with Gasteiger partial charge in [-0.1, -0.05) is 52.0 Å². The van der Waals surface area contributed by atoms with Gasteiger partial charge in [0, 0.05) is 24.1 Å². The van der Waals surface area contributed by atoms with Gasteiger partial charge in [-0.3, -0.25) is 9.59 Å². The van der Waals surface area contributed by atoms with Crippen molar-refractivity contribution in [2.45, 2.75) is 139 Å². The number of hydrogen-bond acceptors (Lipinski definition) is 10. The van der Waals surface area contributed by atoms with Crippen molar-refractivity contribution in [1.82, 2.24) is 40.4 Å². The highest BCUT2D eigenvalue weighted by Gasteiger charge is 2.53. The molecule has 2 aromatic heterocycles. The summed E-state index contributed by atoms with van der Waals surface area (Å²) in [7, 11) is 2.61. The Kier molecular flexibility index (Phi) is 11.4. The predicted octanol–water partition coefficient (Wildman–Crippen LogP) is 8.30. The number of aromatic nitrogens is 4. The van der Waals surface area contributed by atoms with Crippen LogP contribution < -0.4 is 10.6 Å². The number of carbonyl (C=O) groups is 4. The number of rotatable bonds is 11. The van der Waals surface area contributed by atoms with Crippen LogP contribution in [-0.4, -0.2) is 112 Å². The third-order valence-corrected chi connectivity index (χ3v) is 16.5. The molecule has 68 heavy (non-hydrogen) atoms. The number of carbonyl (C=O) groups excluding carboxylic acids is 4. The number of methoxy groups -OCH3 is 2. The minimum atomic E-state index is -0.933. The molecule has 4 aliphatic carbocycles. The Balaban J connectivity index is 0.913. The van der Waals surface area contributed by atoms with Crippen molar-refractivity contribution in [3.05, 3.63) is 70.6 Å². The van der Waals surface area contributed by atoms with Gasteiger partial charge in [-0.2, -0.15) is 0 Å². The maximum absolute atomic E-state index is 14.3. The maximum atomic E-state index is 14.3. The van der Waals surface area contributed by atoms with Gasteiger partial charge in [0.05, 0.1) is 69.8 Å². The first kappa shape index (κ1) is 44.7. The number of benzene rings is 2. The smallest absolute Gasteiger partial charge is 0.407 e. The third kappa shape index (κ3) is 7.39. The third-order valence-electron chi connectivity index (χ3n) is 16.5. The van der Waals surface area contributed by atoms with E-state index >= 15 is 0 Å². The van der Waals surface area contributed by atoms with Crippen LogP contribution in [0.2, 0.25) is 0 Å². The molecule has 4 amide bonds. The summed E-state index contributed by atoms with van der Waals surface area (Å²) in [5, 5.41) is 5.52. The number of amides is 4. The van der Waals surface area contributed by atoms with E-state index in [-0.39, 0.29) is 36.2 Å². The number of fused-ring (bicyclic) bond motifs is 10. The van der Waals surface area contributed by atoms with Crippen LogP contribution in [0, 0.1) is 11.8 Å². The lowest BCUT2D eigenvalue weighted by molar-refractivity contribution is -0.153. The summed E-state index contributed by atoms with van der Waals surface area (Å²) in [5.74, 6) is 1.80. The summed E-state index contributed by atoms with van der Waals surface area (Å²) in [5.41, 5.74) is 12.8. The number of likely N-dealkylation sites (tertiary alicyclic amines) is 2. The molecule has 16 heteroatoms. The molecule has 4 aromatic rings. The molecule has 3 aliphatic heterocycles. The summed E-state index contributed by atoms with van der Waals surface area (Å²) in [6, 6.07) is 7.15. The van der Waals surface area contributed by atoms with Crippen molar-refractivity contribution < 1.29 is 38.1 Å². The van der Waals surface area contributed by atoms with E-state index in [0.29, 0.717) is 55.7 Å². The highest BCUT2D eigenvalue weighted by molar-refractivity contribution is 5.88. The Labute approximate surface area is 397 Å². The van der Waals surface area contributed by atoms with Gasteiger partial charge < -0.3 is 49.3 Å². The first-order valence-corrected chi connectivity index (χ1v) is 24.9. The van der Waals surface area contributed by atoms with Crippen molar-refractivity contribution in [3.8, 4) is 33.6 Å². The monoisotopic (exact) mass is 928 g/mol. The van der Waals surface area contributed by atoms with Gasteiger partial charge in [0.15, 0.2) is 5.79 Å². The Bertz CT molecular complexity index is 2650. The average molecular weight is 929 g/mol. The molecule has 7 aliphatic rings. The molecular weight excluding hydrogens is 865 g/mol. The fourth-order valence-corrected chi connectivity index (χ4v) is 13.4. The Morgan fingerprint density at radius 2 is 1.09 bits per heavy atom. The highest BCUT2D eigenvalue weighted by atomic mass is 16.7. The lowest BCUT2D eigenvalue weighted by Gasteiger charge is -2.30. The molecule has 4 bridgehead atoms. The topological polar surface area (TPSA) is 193 Å². The van der Waals surface area contributed by atoms with Crippen LogP contribution in [0.15, 0.2) is 36.7 Å². The van der Waals surface area contributed by atoms with Gasteiger partial charge in [0.1, 0.15) is 23.7 Å². The molecule has 8 unspecified atom stereocenters. The number of imidazole rings is 2. The van der Waals surface area contributed by atoms with Crippen molar-refractivity contribution in [2.24, 2.45) is 11.8 Å². The predicted molar refractivity (Wildman–Crippen MR) is 251 cm³/mol. The summed E-state index contributed by atoms with van der Waals surface area (Å²) in [6.07, 6.45) is 11.7. The normalized spacial score (nSPS) is 25.9. The van der Waals surface area contributed by atoms with E-state index < -0.39 is 36.1 Å². The van der Waals surface area contributed by atoms with E-state index in [1.54, 1.807) is 4.90 Å². The van der Waals surface area contributed by atoms with Crippen LogP contribution in [0.1, 0.15) is 155 Å². The van der Waals surface area contributed by atoms with E-state index in [0.717, 1.165) is 49.3 Å². The van der Waals surface area contributed by atoms with Crippen LogP contribution in [0.5, 0.6) is 0 Å². The number of H-pyrrole nitrogens is 2. The minimum Gasteiger partial charge on any atom is -0.453 e. The summed E-state index contributed by atoms with van der Waals surface area (Å²) in [6.45, 7) is 9.41. The zero-order valence-electron chi connectivity index (χ0n) is 40.0. The van der Waals surface area contributed by atoms with E-state index in [4.69, 9.17) is 28.9 Å². The molecule has 16 nitrogen and oxygen atoms in total. The van der Waals surface area contributed by atoms with E-state index in [1.165, 1.54) is 78.0 Å². The summed E-state index contributed by atoms with van der Waals surface area (Å²) in [4.78, 5) is 73.7. The second kappa shape index (κ2) is 17.3. The second-order valence-electron chi connectivity index (χ2n) is 21.0. The number of ether oxygens (including phenoxy) is 4. The van der Waals surface area contributed by atoms with E-state index in [1.807, 2.05) is 45.0 Å². The number of aromatic amines is 2. The van der Waals surface area contributed by atoms with Gasteiger partial charge in [0.25, 0.3) is 0 Å². The fourth-order valence-electron chi connectivity index (χ4n) is 13.4. The van der Waals surface area contributed by atoms with Crippen LogP contribution in [0.25, 0.3) is 33.6 Å². The van der Waals surface area contributed by atoms with Crippen molar-refractivity contribution in [2.75, 3.05) is 40.5 Å². The molecular formula is C52H64N8O8. The molecule has 2 aromatic carbocycles. The highest BCUT2D eigenvalue weighted by Crippen LogP contribution is 2.62. The Morgan fingerprint density at radius 1 is 0.647 bits per heavy atom. The lowest BCUT2D eigenvalue weighted by Crippen LogP contribution is -2.52. The van der Waals surface area contributed by atoms with Crippen molar-refractivity contribution in [1.29, 1.82) is 0 Å². The van der Waals surface area contributed by atoms with Crippen molar-refractivity contribution in [3.63, 3.8) is 0 Å². The second-order valence-corrected chi connectivity index (χ2v) is 21.0. The van der Waals surface area contributed by atoms with Crippen molar-refractivity contribution >= 4 is 24.0 Å². The largest absolute Gasteiger partial charge is 0.453 e. The molecule has 5 fully saturated rings. The van der Waals surface area contributed by atoms with Gasteiger partial charge in [-0.05, 0) is 120 Å². The number of alkyl carbamates (subject to hydrolysis) is 2. The average Bonchev–Trinajstić information content (AvgIpc) is 4.19. The minimum absolute atomic E-state index is 0.108. The maximum Gasteiger partial charge on any atom is 0.407 e. The summed E-state index contributed by atoms with van der Waals surface area (Å²) >= 11 is 0. The molecule has 0 radical (unpaired) electrons. The zero-order valence-corrected chi connectivity index (χ0v) is 40.0. The van der Waals surface area contributed by atoms with Gasteiger partial charge in [-0.15, -0.1) is 0 Å². The lowest BCUT2D eigenvalue weighted by atomic mass is 9.78. The summed E-state index contributed by atoms with van der Waals surface area (Å²) < 4.78 is 22.0. The standard InChI is InChI=1S/C52H64N8O8/c1-26(2)44(57-50(63)65-5)48(61)59-17-7-8-38(59)46-53-23-36(55-46)34-15-13-32(40-28-9-11-30(20-28)42(34)40)33-14-16-35(43-31-12-10-29(21-31)41(33)43)37-24-54-47(56-37)39-22-52(67-18-19-68-52)25-60(39)49(62)45(27(3)4)58-51(64)66-6/h13-16,23-24,26-31,38-39,44-45H,7-12,17-22,25H2,1-6H3,(H,53,55)(H,54,56)(H,57,63)(H,58,64). The first-order valence-electron chi connectivity index (χ1n) is 24.9. The number of hydrogen-bond donors (Lipinski definition) is 4. The quantitative estimate of drug-likeness (QED) is 0.114. The fraction of sp³-hybridized carbons (Fsp3) is 0.577. The Morgan fingerprint density at radius 3 is 1.56 bits per heavy atom.